The first-order valence-electron chi connectivity index (χ1n) is 9.02. The number of hydrogen-bond donors (Lipinski definition) is 1. The smallest absolute Gasteiger partial charge is 0.0762 e. The highest BCUT2D eigenvalue weighted by Gasteiger charge is 2.26. The SMILES string of the molecule is Clc1ccc(Cc2ccccn2)nc1C1CCCC(c2ccccn2)N1. The molecule has 1 aliphatic heterocycles. The Labute approximate surface area is 158 Å². The lowest BCUT2D eigenvalue weighted by Crippen LogP contribution is -2.32. The number of pyridine rings is 3. The zero-order chi connectivity index (χ0) is 17.8. The van der Waals surface area contributed by atoms with Gasteiger partial charge in [-0.2, -0.15) is 0 Å². The summed E-state index contributed by atoms with van der Waals surface area (Å²) in [6, 6.07) is 16.3. The van der Waals surface area contributed by atoms with Crippen LogP contribution in [0.1, 0.15) is 54.1 Å². The first kappa shape index (κ1) is 17.1. The van der Waals surface area contributed by atoms with Crippen molar-refractivity contribution < 1.29 is 0 Å². The fourth-order valence-corrected chi connectivity index (χ4v) is 3.73. The molecule has 2 unspecified atom stereocenters. The van der Waals surface area contributed by atoms with E-state index in [1.165, 1.54) is 0 Å². The van der Waals surface area contributed by atoms with E-state index in [1.807, 2.05) is 54.9 Å². The van der Waals surface area contributed by atoms with Gasteiger partial charge in [0.2, 0.25) is 0 Å². The average Bonchev–Trinajstić information content (AvgIpc) is 2.71. The van der Waals surface area contributed by atoms with Crippen molar-refractivity contribution >= 4 is 11.6 Å². The monoisotopic (exact) mass is 364 g/mol. The van der Waals surface area contributed by atoms with E-state index < -0.39 is 0 Å². The number of aromatic nitrogens is 3. The van der Waals surface area contributed by atoms with Gasteiger partial charge < -0.3 is 5.32 Å². The van der Waals surface area contributed by atoms with Crippen LogP contribution in [0.3, 0.4) is 0 Å². The molecule has 5 heteroatoms. The fraction of sp³-hybridized carbons (Fsp3) is 0.286. The van der Waals surface area contributed by atoms with E-state index in [1.54, 1.807) is 0 Å². The molecule has 0 amide bonds. The fourth-order valence-electron chi connectivity index (χ4n) is 3.50. The summed E-state index contributed by atoms with van der Waals surface area (Å²) >= 11 is 6.49. The van der Waals surface area contributed by atoms with Crippen LogP contribution in [0.4, 0.5) is 0 Å². The Balaban J connectivity index is 1.55. The zero-order valence-corrected chi connectivity index (χ0v) is 15.2. The first-order chi connectivity index (χ1) is 12.8. The summed E-state index contributed by atoms with van der Waals surface area (Å²) in [5.41, 5.74) is 4.01. The number of hydrogen-bond acceptors (Lipinski definition) is 4. The molecule has 1 aliphatic rings. The molecular formula is C21H21ClN4. The van der Waals surface area contributed by atoms with Gasteiger partial charge in [0.15, 0.2) is 0 Å². The van der Waals surface area contributed by atoms with Gasteiger partial charge in [0.25, 0.3) is 0 Å². The molecule has 1 fully saturated rings. The van der Waals surface area contributed by atoms with Crippen molar-refractivity contribution in [3.05, 3.63) is 88.7 Å². The van der Waals surface area contributed by atoms with E-state index in [0.717, 1.165) is 42.0 Å². The summed E-state index contributed by atoms with van der Waals surface area (Å²) < 4.78 is 0. The maximum absolute atomic E-state index is 6.49. The van der Waals surface area contributed by atoms with Crippen molar-refractivity contribution in [2.75, 3.05) is 0 Å². The molecule has 2 atom stereocenters. The number of nitrogens with zero attached hydrogens (tertiary/aromatic N) is 3. The summed E-state index contributed by atoms with van der Waals surface area (Å²) in [5, 5.41) is 4.41. The Kier molecular flexibility index (Phi) is 5.23. The van der Waals surface area contributed by atoms with Crippen LogP contribution in [0.15, 0.2) is 60.9 Å². The second kappa shape index (κ2) is 7.94. The maximum Gasteiger partial charge on any atom is 0.0762 e. The highest BCUT2D eigenvalue weighted by molar-refractivity contribution is 6.31. The van der Waals surface area contributed by atoms with Gasteiger partial charge in [-0.1, -0.05) is 23.7 Å². The normalized spacial score (nSPS) is 20.0. The number of halogens is 1. The standard InChI is InChI=1S/C21H21ClN4/c22-17-11-10-16(14-15-6-1-3-12-23-15)25-21(17)20-9-5-8-19(26-20)18-7-2-4-13-24-18/h1-4,6-7,10-13,19-20,26H,5,8-9,14H2. The Morgan fingerprint density at radius 3 is 2.46 bits per heavy atom. The van der Waals surface area contributed by atoms with Crippen molar-refractivity contribution in [2.24, 2.45) is 0 Å². The van der Waals surface area contributed by atoms with Crippen molar-refractivity contribution in [3.63, 3.8) is 0 Å². The topological polar surface area (TPSA) is 50.7 Å². The number of piperidine rings is 1. The van der Waals surface area contributed by atoms with Crippen molar-refractivity contribution in [1.82, 2.24) is 20.3 Å². The van der Waals surface area contributed by atoms with Gasteiger partial charge in [-0.25, -0.2) is 0 Å². The maximum atomic E-state index is 6.49. The molecule has 4 nitrogen and oxygen atoms in total. The van der Waals surface area contributed by atoms with Crippen LogP contribution in [0.5, 0.6) is 0 Å². The van der Waals surface area contributed by atoms with Gasteiger partial charge in [-0.3, -0.25) is 15.0 Å². The molecule has 0 spiro atoms. The number of rotatable bonds is 4. The molecule has 0 aliphatic carbocycles. The Hall–Kier alpha value is -2.30. The van der Waals surface area contributed by atoms with Crippen molar-refractivity contribution in [3.8, 4) is 0 Å². The zero-order valence-electron chi connectivity index (χ0n) is 14.5. The quantitative estimate of drug-likeness (QED) is 0.730. The summed E-state index contributed by atoms with van der Waals surface area (Å²) in [4.78, 5) is 13.8. The third kappa shape index (κ3) is 3.92. The van der Waals surface area contributed by atoms with Gasteiger partial charge in [-0.15, -0.1) is 0 Å². The summed E-state index contributed by atoms with van der Waals surface area (Å²) in [6.07, 6.45) is 7.61. The molecule has 0 radical (unpaired) electrons. The highest BCUT2D eigenvalue weighted by atomic mass is 35.5. The van der Waals surface area contributed by atoms with Crippen LogP contribution in [0.2, 0.25) is 5.02 Å². The van der Waals surface area contributed by atoms with Crippen LogP contribution in [-0.4, -0.2) is 15.0 Å². The van der Waals surface area contributed by atoms with Crippen LogP contribution in [0.25, 0.3) is 0 Å². The van der Waals surface area contributed by atoms with E-state index in [4.69, 9.17) is 16.6 Å². The van der Waals surface area contributed by atoms with E-state index in [2.05, 4.69) is 21.4 Å². The molecule has 1 N–H and O–H groups in total. The summed E-state index contributed by atoms with van der Waals surface area (Å²) in [7, 11) is 0. The third-order valence-electron chi connectivity index (χ3n) is 4.78. The highest BCUT2D eigenvalue weighted by Crippen LogP contribution is 2.34. The van der Waals surface area contributed by atoms with Crippen LogP contribution in [-0.2, 0) is 6.42 Å². The largest absolute Gasteiger partial charge is 0.300 e. The Morgan fingerprint density at radius 2 is 1.69 bits per heavy atom. The Bertz CT molecular complexity index is 854. The van der Waals surface area contributed by atoms with Gasteiger partial charge >= 0.3 is 0 Å². The van der Waals surface area contributed by atoms with E-state index in [0.29, 0.717) is 11.4 Å². The molecule has 4 heterocycles. The van der Waals surface area contributed by atoms with Gasteiger partial charge in [0.05, 0.1) is 22.5 Å². The van der Waals surface area contributed by atoms with E-state index in [9.17, 15) is 0 Å². The molecule has 0 aromatic carbocycles. The lowest BCUT2D eigenvalue weighted by atomic mass is 9.94. The first-order valence-corrected chi connectivity index (χ1v) is 9.39. The minimum atomic E-state index is 0.145. The molecule has 3 aromatic rings. The second-order valence-electron chi connectivity index (χ2n) is 6.62. The second-order valence-corrected chi connectivity index (χ2v) is 7.03. The molecule has 0 bridgehead atoms. The predicted molar refractivity (Wildman–Crippen MR) is 103 cm³/mol. The van der Waals surface area contributed by atoms with Crippen LogP contribution >= 0.6 is 11.6 Å². The molecule has 132 valence electrons. The van der Waals surface area contributed by atoms with Gasteiger partial charge in [0.1, 0.15) is 0 Å². The van der Waals surface area contributed by atoms with E-state index in [-0.39, 0.29) is 12.1 Å². The summed E-state index contributed by atoms with van der Waals surface area (Å²) in [5.74, 6) is 0. The minimum Gasteiger partial charge on any atom is -0.300 e. The molecule has 0 saturated carbocycles. The molecule has 4 rings (SSSR count). The summed E-state index contributed by atoms with van der Waals surface area (Å²) in [6.45, 7) is 0. The van der Waals surface area contributed by atoms with Gasteiger partial charge in [0, 0.05) is 36.2 Å². The number of nitrogens with one attached hydrogen (secondary N) is 1. The lowest BCUT2D eigenvalue weighted by molar-refractivity contribution is 0.321. The average molecular weight is 365 g/mol. The van der Waals surface area contributed by atoms with E-state index >= 15 is 0 Å². The van der Waals surface area contributed by atoms with Crippen molar-refractivity contribution in [2.45, 2.75) is 37.8 Å². The predicted octanol–water partition coefficient (Wildman–Crippen LogP) is 4.67. The molecular weight excluding hydrogens is 344 g/mol. The Morgan fingerprint density at radius 1 is 0.885 bits per heavy atom. The van der Waals surface area contributed by atoms with Crippen molar-refractivity contribution in [1.29, 1.82) is 0 Å². The van der Waals surface area contributed by atoms with Crippen LogP contribution in [0, 0.1) is 0 Å². The van der Waals surface area contributed by atoms with Crippen LogP contribution < -0.4 is 5.32 Å². The molecule has 1 saturated heterocycles. The molecule has 3 aromatic heterocycles. The lowest BCUT2D eigenvalue weighted by Gasteiger charge is -2.31. The third-order valence-corrected chi connectivity index (χ3v) is 5.10. The molecule has 26 heavy (non-hydrogen) atoms. The minimum absolute atomic E-state index is 0.145. The van der Waals surface area contributed by atoms with Gasteiger partial charge in [-0.05, 0) is 55.7 Å².